The Morgan fingerprint density at radius 3 is 2.67 bits per heavy atom. The van der Waals surface area contributed by atoms with Gasteiger partial charge in [0.05, 0.1) is 16.2 Å². The lowest BCUT2D eigenvalue weighted by molar-refractivity contribution is -0.137. The number of H-pyrrole nitrogens is 1. The second-order valence-electron chi connectivity index (χ2n) is 10.4. The normalized spacial score (nSPS) is 20.2. The van der Waals surface area contributed by atoms with Crippen LogP contribution in [0.2, 0.25) is 5.02 Å². The number of phenols is 1. The van der Waals surface area contributed by atoms with Gasteiger partial charge in [-0.1, -0.05) is 24.4 Å². The van der Waals surface area contributed by atoms with Crippen molar-refractivity contribution in [2.45, 2.75) is 62.1 Å². The Hall–Kier alpha value is -2.49. The summed E-state index contributed by atoms with van der Waals surface area (Å²) in [5.41, 5.74) is -0.997. The fraction of sp³-hybridized carbons (Fsp3) is 0.448. The van der Waals surface area contributed by atoms with Crippen LogP contribution in [0.5, 0.6) is 5.75 Å². The first-order valence-electron chi connectivity index (χ1n) is 13.3. The van der Waals surface area contributed by atoms with Gasteiger partial charge >= 0.3 is 6.18 Å². The molecule has 2 aliphatic rings. The topological polar surface area (TPSA) is 73.4 Å². The van der Waals surface area contributed by atoms with Crippen LogP contribution in [0.3, 0.4) is 0 Å². The van der Waals surface area contributed by atoms with Crippen molar-refractivity contribution >= 4 is 40.0 Å². The second kappa shape index (κ2) is 11.6. The molecule has 2 aromatic carbocycles. The quantitative estimate of drug-likeness (QED) is 0.288. The number of pyridine rings is 1. The Morgan fingerprint density at radius 1 is 1.10 bits per heavy atom. The molecule has 3 aromatic rings. The van der Waals surface area contributed by atoms with Crippen LogP contribution >= 0.6 is 23.4 Å². The molecule has 2 unspecified atom stereocenters. The van der Waals surface area contributed by atoms with Gasteiger partial charge in [-0.2, -0.15) is 13.2 Å². The minimum absolute atomic E-state index is 0.0101. The van der Waals surface area contributed by atoms with Crippen molar-refractivity contribution in [3.05, 3.63) is 57.3 Å². The number of ketones is 1. The third kappa shape index (κ3) is 6.15. The van der Waals surface area contributed by atoms with E-state index in [4.69, 9.17) is 11.6 Å². The summed E-state index contributed by atoms with van der Waals surface area (Å²) in [4.78, 5) is 31.3. The molecule has 2 N–H and O–H groups in total. The minimum atomic E-state index is -4.60. The number of hydrogen-bond acceptors (Lipinski definition) is 5. The minimum Gasteiger partial charge on any atom is -0.507 e. The predicted octanol–water partition coefficient (Wildman–Crippen LogP) is 7.28. The fourth-order valence-electron chi connectivity index (χ4n) is 6.06. The summed E-state index contributed by atoms with van der Waals surface area (Å²) in [5.74, 6) is 0.429. The van der Waals surface area contributed by atoms with Gasteiger partial charge in [-0.3, -0.25) is 14.5 Å². The number of aromatic hydroxyl groups is 1. The molecule has 1 saturated carbocycles. The van der Waals surface area contributed by atoms with Crippen molar-refractivity contribution in [2.24, 2.45) is 5.92 Å². The second-order valence-corrected chi connectivity index (χ2v) is 11.9. The van der Waals surface area contributed by atoms with Gasteiger partial charge < -0.3 is 10.1 Å². The number of alkyl halides is 3. The molecule has 0 amide bonds. The molecule has 10 heteroatoms. The smallest absolute Gasteiger partial charge is 0.416 e. The van der Waals surface area contributed by atoms with E-state index in [9.17, 15) is 27.9 Å². The van der Waals surface area contributed by atoms with Crippen LogP contribution in [0.1, 0.15) is 50.5 Å². The Bertz CT molecular complexity index is 1440. The number of thioether (sulfide) groups is 1. The SMILES string of the molecule is O=C(CCN1CCCC2CCCCC21)CSc1c(-c2cc(Cl)ccc2O)c2cc(C(F)(F)F)ccc2[nH]c1=O. The number of piperidine rings is 1. The summed E-state index contributed by atoms with van der Waals surface area (Å²) in [5, 5.41) is 11.0. The van der Waals surface area contributed by atoms with Crippen LogP contribution in [-0.2, 0) is 11.0 Å². The molecule has 5 nitrogen and oxygen atoms in total. The average Bonchev–Trinajstić information content (AvgIpc) is 2.91. The summed E-state index contributed by atoms with van der Waals surface area (Å²) in [6, 6.07) is 7.77. The molecule has 5 rings (SSSR count). The van der Waals surface area contributed by atoms with E-state index < -0.39 is 17.3 Å². The largest absolute Gasteiger partial charge is 0.507 e. The Balaban J connectivity index is 1.43. The number of rotatable bonds is 7. The zero-order valence-electron chi connectivity index (χ0n) is 21.3. The summed E-state index contributed by atoms with van der Waals surface area (Å²) in [6.07, 6.45) is 3.07. The van der Waals surface area contributed by atoms with E-state index in [-0.39, 0.29) is 49.2 Å². The molecule has 2 fully saturated rings. The summed E-state index contributed by atoms with van der Waals surface area (Å²) in [6.45, 7) is 1.66. The van der Waals surface area contributed by atoms with Crippen LogP contribution in [0, 0.1) is 5.92 Å². The van der Waals surface area contributed by atoms with E-state index >= 15 is 0 Å². The number of Topliss-reactive ketones (excluding diaryl/α,β-unsaturated/α-hetero) is 1. The van der Waals surface area contributed by atoms with Gasteiger partial charge in [0.15, 0.2) is 0 Å². The number of fused-ring (bicyclic) bond motifs is 2. The highest BCUT2D eigenvalue weighted by molar-refractivity contribution is 8.00. The molecule has 1 saturated heterocycles. The Kier molecular flexibility index (Phi) is 8.31. The van der Waals surface area contributed by atoms with E-state index in [2.05, 4.69) is 9.88 Å². The number of aromatic nitrogens is 1. The van der Waals surface area contributed by atoms with Crippen LogP contribution in [0.25, 0.3) is 22.0 Å². The number of hydrogen-bond donors (Lipinski definition) is 2. The summed E-state index contributed by atoms with van der Waals surface area (Å²) < 4.78 is 40.7. The highest BCUT2D eigenvalue weighted by Gasteiger charge is 2.33. The first kappa shape index (κ1) is 28.1. The van der Waals surface area contributed by atoms with Gasteiger partial charge in [0, 0.05) is 46.1 Å². The third-order valence-electron chi connectivity index (χ3n) is 7.94. The van der Waals surface area contributed by atoms with Crippen molar-refractivity contribution in [2.75, 3.05) is 18.8 Å². The lowest BCUT2D eigenvalue weighted by Crippen LogP contribution is -2.47. The number of phenolic OH excluding ortho intramolecular Hbond substituents is 1. The molecule has 2 atom stereocenters. The number of nitrogens with zero attached hydrogens (tertiary/aromatic N) is 1. The Morgan fingerprint density at radius 2 is 1.87 bits per heavy atom. The van der Waals surface area contributed by atoms with Gasteiger partial charge in [0.25, 0.3) is 5.56 Å². The molecule has 0 spiro atoms. The molecule has 1 aromatic heterocycles. The van der Waals surface area contributed by atoms with Crippen molar-refractivity contribution < 1.29 is 23.1 Å². The summed E-state index contributed by atoms with van der Waals surface area (Å²) in [7, 11) is 0. The number of likely N-dealkylation sites (tertiary alicyclic amines) is 1. The number of nitrogens with one attached hydrogen (secondary N) is 1. The van der Waals surface area contributed by atoms with E-state index in [1.807, 2.05) is 0 Å². The number of benzene rings is 2. The molecule has 0 radical (unpaired) electrons. The molecule has 0 bridgehead atoms. The first-order valence-corrected chi connectivity index (χ1v) is 14.6. The highest BCUT2D eigenvalue weighted by Crippen LogP contribution is 2.42. The number of carbonyl (C=O) groups excluding carboxylic acids is 1. The first-order chi connectivity index (χ1) is 18.6. The summed E-state index contributed by atoms with van der Waals surface area (Å²) >= 11 is 7.14. The van der Waals surface area contributed by atoms with Gasteiger partial charge in [-0.25, -0.2) is 0 Å². The van der Waals surface area contributed by atoms with Crippen LogP contribution in [0.4, 0.5) is 13.2 Å². The van der Waals surface area contributed by atoms with E-state index in [1.165, 1.54) is 56.4 Å². The zero-order valence-corrected chi connectivity index (χ0v) is 22.9. The lowest BCUT2D eigenvalue weighted by Gasteiger charge is -2.44. The zero-order chi connectivity index (χ0) is 27.7. The molecule has 1 aliphatic carbocycles. The van der Waals surface area contributed by atoms with Gasteiger partial charge in [0.1, 0.15) is 11.5 Å². The van der Waals surface area contributed by atoms with Gasteiger partial charge in [-0.05, 0) is 74.5 Å². The van der Waals surface area contributed by atoms with Crippen LogP contribution < -0.4 is 5.56 Å². The van der Waals surface area contributed by atoms with E-state index in [1.54, 1.807) is 0 Å². The van der Waals surface area contributed by atoms with Crippen molar-refractivity contribution in [3.8, 4) is 16.9 Å². The van der Waals surface area contributed by atoms with Crippen molar-refractivity contribution in [3.63, 3.8) is 0 Å². The maximum atomic E-state index is 13.6. The van der Waals surface area contributed by atoms with Crippen LogP contribution in [-0.4, -0.2) is 45.7 Å². The third-order valence-corrected chi connectivity index (χ3v) is 9.32. The molecule has 39 heavy (non-hydrogen) atoms. The molecular weight excluding hydrogens is 549 g/mol. The standard InChI is InChI=1S/C29H30ClF3N2O3S/c30-19-8-10-25(37)22(15-19)26-21-14-18(29(31,32)33)7-9-23(21)34-28(38)27(26)39-16-20(36)11-13-35-12-3-5-17-4-1-2-6-24(17)35/h7-10,14-15,17,24,37H,1-6,11-13,16H2,(H,34,38). The molecular formula is C29H30ClF3N2O3S. The number of carbonyl (C=O) groups is 1. The fourth-order valence-corrected chi connectivity index (χ4v) is 7.23. The maximum absolute atomic E-state index is 13.6. The molecule has 1 aliphatic heterocycles. The monoisotopic (exact) mass is 578 g/mol. The van der Waals surface area contributed by atoms with Crippen molar-refractivity contribution in [1.82, 2.24) is 9.88 Å². The van der Waals surface area contributed by atoms with Gasteiger partial charge in [0.2, 0.25) is 0 Å². The molecule has 208 valence electrons. The van der Waals surface area contributed by atoms with Gasteiger partial charge in [-0.15, -0.1) is 11.8 Å². The Labute approximate surface area is 233 Å². The highest BCUT2D eigenvalue weighted by atomic mass is 35.5. The number of aromatic amines is 1. The van der Waals surface area contributed by atoms with Crippen LogP contribution in [0.15, 0.2) is 46.1 Å². The van der Waals surface area contributed by atoms with E-state index in [0.29, 0.717) is 24.9 Å². The lowest BCUT2D eigenvalue weighted by atomic mass is 9.78. The average molecular weight is 579 g/mol. The van der Waals surface area contributed by atoms with Crippen molar-refractivity contribution in [1.29, 1.82) is 0 Å². The van der Waals surface area contributed by atoms with E-state index in [0.717, 1.165) is 36.9 Å². The maximum Gasteiger partial charge on any atom is 0.416 e. The predicted molar refractivity (Wildman–Crippen MR) is 149 cm³/mol. The molecule has 2 heterocycles. The number of halogens is 4.